The van der Waals surface area contributed by atoms with E-state index in [1.165, 1.54) is 11.1 Å². The summed E-state index contributed by atoms with van der Waals surface area (Å²) in [5.41, 5.74) is 9.19. The van der Waals surface area contributed by atoms with Crippen LogP contribution < -0.4 is 10.6 Å². The maximum atomic E-state index is 12.1. The van der Waals surface area contributed by atoms with Crippen LogP contribution in [0.3, 0.4) is 0 Å². The second kappa shape index (κ2) is 5.08. The van der Waals surface area contributed by atoms with Crippen molar-refractivity contribution < 1.29 is 4.79 Å². The van der Waals surface area contributed by atoms with Crippen molar-refractivity contribution in [2.45, 2.75) is 19.9 Å². The van der Waals surface area contributed by atoms with Crippen LogP contribution in [0, 0.1) is 13.8 Å². The molecule has 1 aliphatic rings. The molecular weight excluding hydrogens is 226 g/mol. The van der Waals surface area contributed by atoms with Gasteiger partial charge in [0.2, 0.25) is 5.91 Å². The Labute approximate surface area is 108 Å². The average molecular weight is 247 g/mol. The van der Waals surface area contributed by atoms with Crippen LogP contribution in [0.4, 0.5) is 5.69 Å². The van der Waals surface area contributed by atoms with Crippen molar-refractivity contribution in [1.82, 2.24) is 4.90 Å². The Balaban J connectivity index is 2.26. The lowest BCUT2D eigenvalue weighted by molar-refractivity contribution is -0.121. The van der Waals surface area contributed by atoms with Crippen LogP contribution in [-0.2, 0) is 4.79 Å². The quantitative estimate of drug-likeness (QED) is 0.845. The number of hydrogen-bond donors (Lipinski definition) is 1. The minimum absolute atomic E-state index is 0.144. The molecule has 1 saturated heterocycles. The van der Waals surface area contributed by atoms with E-state index >= 15 is 0 Å². The Morgan fingerprint density at radius 2 is 2.06 bits per heavy atom. The van der Waals surface area contributed by atoms with E-state index in [4.69, 9.17) is 5.73 Å². The molecule has 2 N–H and O–H groups in total. The molecule has 0 spiro atoms. The molecule has 0 aromatic heterocycles. The first-order valence-electron chi connectivity index (χ1n) is 6.31. The number of nitrogens with zero attached hydrogens (tertiary/aromatic N) is 2. The lowest BCUT2D eigenvalue weighted by Gasteiger charge is -2.38. The molecule has 1 aliphatic heterocycles. The third-order valence-electron chi connectivity index (χ3n) is 3.78. The van der Waals surface area contributed by atoms with Crippen LogP contribution in [0.25, 0.3) is 0 Å². The SMILES string of the molecule is Cc1ccc(N2CC(CN)N(C)CC2=O)cc1C. The summed E-state index contributed by atoms with van der Waals surface area (Å²) in [7, 11) is 1.95. The van der Waals surface area contributed by atoms with Crippen molar-refractivity contribution in [1.29, 1.82) is 0 Å². The first kappa shape index (κ1) is 13.1. The van der Waals surface area contributed by atoms with E-state index in [2.05, 4.69) is 26.0 Å². The lowest BCUT2D eigenvalue weighted by atomic mass is 10.1. The molecule has 1 aromatic carbocycles. The fourth-order valence-corrected chi connectivity index (χ4v) is 2.28. The van der Waals surface area contributed by atoms with Gasteiger partial charge in [-0.05, 0) is 44.2 Å². The number of benzene rings is 1. The summed E-state index contributed by atoms with van der Waals surface area (Å²) in [5.74, 6) is 0.144. The highest BCUT2D eigenvalue weighted by Crippen LogP contribution is 2.22. The molecule has 4 heteroatoms. The molecule has 0 aliphatic carbocycles. The van der Waals surface area contributed by atoms with Crippen molar-refractivity contribution >= 4 is 11.6 Å². The monoisotopic (exact) mass is 247 g/mol. The van der Waals surface area contributed by atoms with Gasteiger partial charge in [-0.15, -0.1) is 0 Å². The van der Waals surface area contributed by atoms with Crippen LogP contribution in [0.2, 0.25) is 0 Å². The maximum absolute atomic E-state index is 12.1. The molecule has 1 amide bonds. The fraction of sp³-hybridized carbons (Fsp3) is 0.500. The Morgan fingerprint density at radius 1 is 1.33 bits per heavy atom. The second-order valence-corrected chi connectivity index (χ2v) is 5.08. The third kappa shape index (κ3) is 2.40. The molecule has 18 heavy (non-hydrogen) atoms. The van der Waals surface area contributed by atoms with Gasteiger partial charge in [-0.3, -0.25) is 9.69 Å². The molecule has 98 valence electrons. The lowest BCUT2D eigenvalue weighted by Crippen LogP contribution is -2.57. The van der Waals surface area contributed by atoms with Crippen LogP contribution >= 0.6 is 0 Å². The van der Waals surface area contributed by atoms with E-state index in [0.717, 1.165) is 5.69 Å². The summed E-state index contributed by atoms with van der Waals surface area (Å²) in [6, 6.07) is 6.39. The third-order valence-corrected chi connectivity index (χ3v) is 3.78. The van der Waals surface area contributed by atoms with E-state index in [1.54, 1.807) is 0 Å². The zero-order chi connectivity index (χ0) is 13.3. The van der Waals surface area contributed by atoms with Gasteiger partial charge in [0.15, 0.2) is 0 Å². The Hall–Kier alpha value is -1.39. The molecule has 0 saturated carbocycles. The number of amides is 1. The summed E-state index contributed by atoms with van der Waals surface area (Å²) in [4.78, 5) is 16.0. The van der Waals surface area contributed by atoms with Gasteiger partial charge in [-0.25, -0.2) is 0 Å². The number of hydrogen-bond acceptors (Lipinski definition) is 3. The summed E-state index contributed by atoms with van der Waals surface area (Å²) in [5, 5.41) is 0. The number of anilines is 1. The Kier molecular flexibility index (Phi) is 3.68. The van der Waals surface area contributed by atoms with Gasteiger partial charge in [0.05, 0.1) is 6.54 Å². The average Bonchev–Trinajstić information content (AvgIpc) is 2.33. The molecule has 1 atom stereocenters. The zero-order valence-corrected chi connectivity index (χ0v) is 11.3. The smallest absolute Gasteiger partial charge is 0.241 e. The van der Waals surface area contributed by atoms with Gasteiger partial charge < -0.3 is 10.6 Å². The second-order valence-electron chi connectivity index (χ2n) is 5.08. The number of carbonyl (C=O) groups is 1. The Bertz CT molecular complexity index is 458. The minimum atomic E-state index is 0.144. The first-order chi connectivity index (χ1) is 8.52. The van der Waals surface area contributed by atoms with Crippen molar-refractivity contribution in [3.8, 4) is 0 Å². The minimum Gasteiger partial charge on any atom is -0.329 e. The normalized spacial score (nSPS) is 21.4. The van der Waals surface area contributed by atoms with Crippen LogP contribution in [0.1, 0.15) is 11.1 Å². The van der Waals surface area contributed by atoms with E-state index in [0.29, 0.717) is 19.6 Å². The summed E-state index contributed by atoms with van der Waals surface area (Å²) < 4.78 is 0. The molecule has 0 radical (unpaired) electrons. The molecule has 0 bridgehead atoms. The van der Waals surface area contributed by atoms with Crippen molar-refractivity contribution in [2.75, 3.05) is 31.6 Å². The van der Waals surface area contributed by atoms with Crippen LogP contribution in [0.5, 0.6) is 0 Å². The van der Waals surface area contributed by atoms with E-state index < -0.39 is 0 Å². The van der Waals surface area contributed by atoms with E-state index in [-0.39, 0.29) is 11.9 Å². The Morgan fingerprint density at radius 3 is 2.67 bits per heavy atom. The standard InChI is InChI=1S/C14H21N3O/c1-10-4-5-12(6-11(10)2)17-8-13(7-15)16(3)9-14(17)18/h4-6,13H,7-9,15H2,1-3H3. The molecular formula is C14H21N3O. The first-order valence-corrected chi connectivity index (χ1v) is 6.31. The highest BCUT2D eigenvalue weighted by atomic mass is 16.2. The van der Waals surface area contributed by atoms with Gasteiger partial charge in [-0.2, -0.15) is 0 Å². The molecule has 4 nitrogen and oxygen atoms in total. The summed E-state index contributed by atoms with van der Waals surface area (Å²) >= 11 is 0. The highest BCUT2D eigenvalue weighted by molar-refractivity contribution is 5.95. The molecule has 1 heterocycles. The van der Waals surface area contributed by atoms with Crippen molar-refractivity contribution in [3.05, 3.63) is 29.3 Å². The van der Waals surface area contributed by atoms with Crippen LogP contribution in [-0.4, -0.2) is 43.5 Å². The van der Waals surface area contributed by atoms with Crippen molar-refractivity contribution in [3.63, 3.8) is 0 Å². The summed E-state index contributed by atoms with van der Waals surface area (Å²) in [6.07, 6.45) is 0. The van der Waals surface area contributed by atoms with Gasteiger partial charge in [-0.1, -0.05) is 6.07 Å². The molecule has 1 fully saturated rings. The topological polar surface area (TPSA) is 49.6 Å². The van der Waals surface area contributed by atoms with E-state index in [1.807, 2.05) is 22.9 Å². The number of likely N-dealkylation sites (N-methyl/N-ethyl adjacent to an activating group) is 1. The summed E-state index contributed by atoms with van der Waals surface area (Å²) in [6.45, 7) is 5.83. The zero-order valence-electron chi connectivity index (χ0n) is 11.3. The number of aryl methyl sites for hydroxylation is 2. The van der Waals surface area contributed by atoms with Gasteiger partial charge in [0.1, 0.15) is 0 Å². The number of nitrogens with two attached hydrogens (primary N) is 1. The highest BCUT2D eigenvalue weighted by Gasteiger charge is 2.29. The number of piperazine rings is 1. The largest absolute Gasteiger partial charge is 0.329 e. The fourth-order valence-electron chi connectivity index (χ4n) is 2.28. The number of rotatable bonds is 2. The molecule has 1 aromatic rings. The predicted octanol–water partition coefficient (Wildman–Crippen LogP) is 0.909. The number of carbonyl (C=O) groups excluding carboxylic acids is 1. The van der Waals surface area contributed by atoms with E-state index in [9.17, 15) is 4.79 Å². The maximum Gasteiger partial charge on any atom is 0.241 e. The van der Waals surface area contributed by atoms with Gasteiger partial charge in [0, 0.05) is 24.8 Å². The predicted molar refractivity (Wildman–Crippen MR) is 73.7 cm³/mol. The molecule has 2 rings (SSSR count). The molecule has 1 unspecified atom stereocenters. The van der Waals surface area contributed by atoms with Gasteiger partial charge in [0.25, 0.3) is 0 Å². The van der Waals surface area contributed by atoms with Crippen molar-refractivity contribution in [2.24, 2.45) is 5.73 Å². The van der Waals surface area contributed by atoms with Gasteiger partial charge >= 0.3 is 0 Å². The van der Waals surface area contributed by atoms with Crippen LogP contribution in [0.15, 0.2) is 18.2 Å².